The van der Waals surface area contributed by atoms with Crippen LogP contribution in [0.4, 0.5) is 15.8 Å². The summed E-state index contributed by atoms with van der Waals surface area (Å²) in [6.45, 7) is 2.73. The van der Waals surface area contributed by atoms with Crippen molar-refractivity contribution in [2.75, 3.05) is 32.1 Å². The number of nitro groups is 1. The maximum absolute atomic E-state index is 13.2. The molecule has 0 aliphatic carbocycles. The second-order valence-corrected chi connectivity index (χ2v) is 6.80. The van der Waals surface area contributed by atoms with E-state index >= 15 is 0 Å². The van der Waals surface area contributed by atoms with Crippen LogP contribution in [0.1, 0.15) is 11.1 Å². The Morgan fingerprint density at radius 1 is 1.19 bits per heavy atom. The molecule has 0 heterocycles. The molecule has 0 saturated carbocycles. The van der Waals surface area contributed by atoms with E-state index < -0.39 is 10.7 Å². The first-order chi connectivity index (χ1) is 12.7. The van der Waals surface area contributed by atoms with Crippen molar-refractivity contribution in [2.24, 2.45) is 0 Å². The normalized spacial score (nSPS) is 10.6. The standard InChI is InChI=1S/C19H21ClFN3O3/c1-13-10-15(5-7-18(13)24(26)27)22(2)8-9-23(3)19(25)12-14-4-6-17(21)16(20)11-14/h4-7,10-11H,8-9,12H2,1-3H3. The van der Waals surface area contributed by atoms with E-state index in [4.69, 9.17) is 11.6 Å². The molecule has 6 nitrogen and oxygen atoms in total. The Labute approximate surface area is 162 Å². The van der Waals surface area contributed by atoms with Gasteiger partial charge in [0.1, 0.15) is 5.82 Å². The van der Waals surface area contributed by atoms with Crippen molar-refractivity contribution in [3.8, 4) is 0 Å². The second kappa shape index (κ2) is 8.81. The highest BCUT2D eigenvalue weighted by molar-refractivity contribution is 6.30. The van der Waals surface area contributed by atoms with Gasteiger partial charge < -0.3 is 9.80 Å². The number of hydrogen-bond donors (Lipinski definition) is 0. The monoisotopic (exact) mass is 393 g/mol. The third kappa shape index (κ3) is 5.40. The van der Waals surface area contributed by atoms with Crippen LogP contribution in [0.5, 0.6) is 0 Å². The van der Waals surface area contributed by atoms with Crippen LogP contribution in [-0.2, 0) is 11.2 Å². The summed E-state index contributed by atoms with van der Waals surface area (Å²) in [4.78, 5) is 26.3. The van der Waals surface area contributed by atoms with Gasteiger partial charge in [0.2, 0.25) is 5.91 Å². The molecule has 0 aliphatic rings. The van der Waals surface area contributed by atoms with Crippen LogP contribution in [0.15, 0.2) is 36.4 Å². The Kier molecular flexibility index (Phi) is 6.74. The first-order valence-electron chi connectivity index (χ1n) is 8.33. The topological polar surface area (TPSA) is 66.7 Å². The first kappa shape index (κ1) is 20.6. The van der Waals surface area contributed by atoms with Crippen LogP contribution in [0.3, 0.4) is 0 Å². The molecule has 27 heavy (non-hydrogen) atoms. The maximum Gasteiger partial charge on any atom is 0.272 e. The summed E-state index contributed by atoms with van der Waals surface area (Å²) in [6.07, 6.45) is 0.136. The van der Waals surface area contributed by atoms with Crippen LogP contribution < -0.4 is 4.90 Å². The highest BCUT2D eigenvalue weighted by atomic mass is 35.5. The Morgan fingerprint density at radius 2 is 1.89 bits per heavy atom. The summed E-state index contributed by atoms with van der Waals surface area (Å²) >= 11 is 5.74. The number of carbonyl (C=O) groups is 1. The quantitative estimate of drug-likeness (QED) is 0.529. The van der Waals surface area contributed by atoms with E-state index in [1.165, 1.54) is 18.2 Å². The van der Waals surface area contributed by atoms with E-state index in [2.05, 4.69) is 0 Å². The van der Waals surface area contributed by atoms with Crippen molar-refractivity contribution in [3.05, 3.63) is 68.5 Å². The fourth-order valence-electron chi connectivity index (χ4n) is 2.59. The van der Waals surface area contributed by atoms with Gasteiger partial charge in [0.15, 0.2) is 0 Å². The Balaban J connectivity index is 1.92. The lowest BCUT2D eigenvalue weighted by Gasteiger charge is -2.24. The van der Waals surface area contributed by atoms with Gasteiger partial charge in [-0.2, -0.15) is 0 Å². The number of likely N-dealkylation sites (N-methyl/N-ethyl adjacent to an activating group) is 2. The van der Waals surface area contributed by atoms with Crippen LogP contribution in [0.2, 0.25) is 5.02 Å². The number of halogens is 2. The molecule has 0 radical (unpaired) electrons. The van der Waals surface area contributed by atoms with Gasteiger partial charge in [0, 0.05) is 44.5 Å². The summed E-state index contributed by atoms with van der Waals surface area (Å²) in [6, 6.07) is 9.16. The smallest absolute Gasteiger partial charge is 0.272 e. The molecule has 2 rings (SSSR count). The van der Waals surface area contributed by atoms with Gasteiger partial charge in [-0.05, 0) is 36.8 Å². The van der Waals surface area contributed by atoms with E-state index in [-0.39, 0.29) is 23.0 Å². The molecule has 0 spiro atoms. The summed E-state index contributed by atoms with van der Waals surface area (Å²) < 4.78 is 13.2. The van der Waals surface area contributed by atoms with Crippen LogP contribution in [-0.4, -0.2) is 42.9 Å². The van der Waals surface area contributed by atoms with Gasteiger partial charge in [-0.1, -0.05) is 17.7 Å². The fourth-order valence-corrected chi connectivity index (χ4v) is 2.80. The SMILES string of the molecule is Cc1cc(N(C)CCN(C)C(=O)Cc2ccc(F)c(Cl)c2)ccc1[N+](=O)[O-]. The molecule has 2 aromatic rings. The molecular formula is C19H21ClFN3O3. The Hall–Kier alpha value is -2.67. The van der Waals surface area contributed by atoms with Crippen molar-refractivity contribution in [1.29, 1.82) is 0 Å². The third-order valence-electron chi connectivity index (χ3n) is 4.35. The number of nitrogens with zero attached hydrogens (tertiary/aromatic N) is 3. The van der Waals surface area contributed by atoms with Crippen molar-refractivity contribution < 1.29 is 14.1 Å². The van der Waals surface area contributed by atoms with Crippen molar-refractivity contribution in [3.63, 3.8) is 0 Å². The minimum Gasteiger partial charge on any atom is -0.373 e. The Morgan fingerprint density at radius 3 is 2.48 bits per heavy atom. The van der Waals surface area contributed by atoms with E-state index in [0.717, 1.165) is 5.69 Å². The molecule has 0 N–H and O–H groups in total. The van der Waals surface area contributed by atoms with E-state index in [0.29, 0.717) is 24.2 Å². The molecule has 0 bridgehead atoms. The fraction of sp³-hybridized carbons (Fsp3) is 0.316. The van der Waals surface area contributed by atoms with Gasteiger partial charge in [-0.25, -0.2) is 4.39 Å². The number of anilines is 1. The zero-order chi connectivity index (χ0) is 20.1. The molecule has 0 aliphatic heterocycles. The Bertz CT molecular complexity index is 860. The van der Waals surface area contributed by atoms with E-state index in [1.807, 2.05) is 11.9 Å². The van der Waals surface area contributed by atoms with Gasteiger partial charge >= 0.3 is 0 Å². The lowest BCUT2D eigenvalue weighted by molar-refractivity contribution is -0.385. The molecule has 0 saturated heterocycles. The molecule has 1 amide bonds. The molecule has 0 unspecified atom stereocenters. The lowest BCUT2D eigenvalue weighted by atomic mass is 10.1. The number of carbonyl (C=O) groups excluding carboxylic acids is 1. The van der Waals surface area contributed by atoms with Gasteiger partial charge in [-0.15, -0.1) is 0 Å². The average molecular weight is 394 g/mol. The minimum atomic E-state index is -0.513. The third-order valence-corrected chi connectivity index (χ3v) is 4.64. The summed E-state index contributed by atoms with van der Waals surface area (Å²) in [5, 5.41) is 10.9. The average Bonchev–Trinajstić information content (AvgIpc) is 2.61. The number of hydrogen-bond acceptors (Lipinski definition) is 4. The number of benzene rings is 2. The predicted molar refractivity (Wildman–Crippen MR) is 104 cm³/mol. The molecule has 2 aromatic carbocycles. The van der Waals surface area contributed by atoms with Crippen LogP contribution in [0, 0.1) is 22.9 Å². The molecule has 8 heteroatoms. The van der Waals surface area contributed by atoms with Crippen molar-refractivity contribution in [2.45, 2.75) is 13.3 Å². The zero-order valence-electron chi connectivity index (χ0n) is 15.4. The van der Waals surface area contributed by atoms with Gasteiger partial charge in [-0.3, -0.25) is 14.9 Å². The number of nitro benzene ring substituents is 1. The van der Waals surface area contributed by atoms with Crippen molar-refractivity contribution >= 4 is 28.9 Å². The first-order valence-corrected chi connectivity index (χ1v) is 8.71. The largest absolute Gasteiger partial charge is 0.373 e. The molecule has 0 aromatic heterocycles. The number of amides is 1. The summed E-state index contributed by atoms with van der Waals surface area (Å²) in [5.74, 6) is -0.618. The number of aryl methyl sites for hydroxylation is 1. The molecule has 144 valence electrons. The van der Waals surface area contributed by atoms with E-state index in [9.17, 15) is 19.3 Å². The number of rotatable bonds is 7. The van der Waals surface area contributed by atoms with E-state index in [1.54, 1.807) is 37.1 Å². The highest BCUT2D eigenvalue weighted by Crippen LogP contribution is 2.23. The predicted octanol–water partition coefficient (Wildman–Crippen LogP) is 3.83. The van der Waals surface area contributed by atoms with Gasteiger partial charge in [0.05, 0.1) is 16.4 Å². The maximum atomic E-state index is 13.2. The summed E-state index contributed by atoms with van der Waals surface area (Å²) in [5.41, 5.74) is 2.15. The minimum absolute atomic E-state index is 0.00349. The van der Waals surface area contributed by atoms with Gasteiger partial charge in [0.25, 0.3) is 5.69 Å². The second-order valence-electron chi connectivity index (χ2n) is 6.39. The molecular weight excluding hydrogens is 373 g/mol. The lowest BCUT2D eigenvalue weighted by Crippen LogP contribution is -2.35. The highest BCUT2D eigenvalue weighted by Gasteiger charge is 2.14. The van der Waals surface area contributed by atoms with Crippen LogP contribution >= 0.6 is 11.6 Å². The zero-order valence-corrected chi connectivity index (χ0v) is 16.2. The van der Waals surface area contributed by atoms with Crippen LogP contribution in [0.25, 0.3) is 0 Å². The van der Waals surface area contributed by atoms with Crippen molar-refractivity contribution in [1.82, 2.24) is 4.90 Å². The molecule has 0 fully saturated rings. The molecule has 0 atom stereocenters. The summed E-state index contributed by atoms with van der Waals surface area (Å²) in [7, 11) is 3.56.